The maximum Gasteiger partial charge on any atom is 0.257 e. The van der Waals surface area contributed by atoms with Crippen LogP contribution in [0.2, 0.25) is 0 Å². The minimum absolute atomic E-state index is 0.0185. The van der Waals surface area contributed by atoms with E-state index in [1.165, 1.54) is 6.42 Å². The van der Waals surface area contributed by atoms with E-state index in [2.05, 4.69) is 4.90 Å². The number of nitrogens with zero attached hydrogens (tertiary/aromatic N) is 2. The summed E-state index contributed by atoms with van der Waals surface area (Å²) in [6.07, 6.45) is 6.02. The van der Waals surface area contributed by atoms with Gasteiger partial charge in [0.25, 0.3) is 5.91 Å². The van der Waals surface area contributed by atoms with Gasteiger partial charge in [0.15, 0.2) is 0 Å². The highest BCUT2D eigenvalue weighted by molar-refractivity contribution is 5.97. The van der Waals surface area contributed by atoms with Crippen LogP contribution in [0, 0.1) is 0 Å². The number of amides is 1. The highest BCUT2D eigenvalue weighted by Crippen LogP contribution is 2.31. The fraction of sp³-hybridized carbons (Fsp3) is 0.696. The van der Waals surface area contributed by atoms with E-state index in [0.29, 0.717) is 23.8 Å². The molecule has 0 radical (unpaired) electrons. The van der Waals surface area contributed by atoms with Crippen LogP contribution in [0.15, 0.2) is 18.2 Å². The van der Waals surface area contributed by atoms with E-state index < -0.39 is 12.2 Å². The monoisotopic (exact) mass is 404 g/mol. The Morgan fingerprint density at radius 1 is 1.07 bits per heavy atom. The quantitative estimate of drug-likeness (QED) is 0.792. The van der Waals surface area contributed by atoms with E-state index in [9.17, 15) is 15.0 Å². The molecule has 1 heterocycles. The fourth-order valence-electron chi connectivity index (χ4n) is 4.06. The predicted octanol–water partition coefficient (Wildman–Crippen LogP) is 2.46. The molecule has 1 amide bonds. The number of ether oxygens (including phenoxy) is 1. The van der Waals surface area contributed by atoms with Gasteiger partial charge in [-0.3, -0.25) is 4.79 Å². The molecule has 3 rings (SSSR count). The van der Waals surface area contributed by atoms with Crippen LogP contribution in [-0.4, -0.2) is 78.0 Å². The van der Waals surface area contributed by atoms with Crippen molar-refractivity contribution in [3.8, 4) is 5.75 Å². The molecule has 6 nitrogen and oxygen atoms in total. The third-order valence-corrected chi connectivity index (χ3v) is 6.40. The third-order valence-electron chi connectivity index (χ3n) is 6.40. The minimum Gasteiger partial charge on any atom is -0.490 e. The summed E-state index contributed by atoms with van der Waals surface area (Å²) in [5.74, 6) is 0.549. The molecule has 0 spiro atoms. The van der Waals surface area contributed by atoms with E-state index >= 15 is 0 Å². The molecule has 6 heteroatoms. The Bertz CT molecular complexity index is 677. The second-order valence-electron chi connectivity index (χ2n) is 8.64. The lowest BCUT2D eigenvalue weighted by atomic mass is 9.91. The average Bonchev–Trinajstić information content (AvgIpc) is 2.67. The van der Waals surface area contributed by atoms with Crippen molar-refractivity contribution in [2.75, 3.05) is 33.8 Å². The van der Waals surface area contributed by atoms with Gasteiger partial charge in [0.05, 0.1) is 11.7 Å². The van der Waals surface area contributed by atoms with Crippen molar-refractivity contribution < 1.29 is 19.7 Å². The zero-order chi connectivity index (χ0) is 20.8. The zero-order valence-corrected chi connectivity index (χ0v) is 17.8. The Morgan fingerprint density at radius 2 is 1.86 bits per heavy atom. The number of carbonyl (C=O) groups is 1. The molecule has 1 fully saturated rings. The second-order valence-corrected chi connectivity index (χ2v) is 8.64. The zero-order valence-electron chi connectivity index (χ0n) is 17.8. The first-order valence-corrected chi connectivity index (χ1v) is 11.0. The van der Waals surface area contributed by atoms with Crippen molar-refractivity contribution in [1.82, 2.24) is 9.80 Å². The van der Waals surface area contributed by atoms with Crippen LogP contribution >= 0.6 is 0 Å². The molecular weight excluding hydrogens is 368 g/mol. The molecule has 1 aliphatic heterocycles. The number of aliphatic hydroxyl groups is 2. The van der Waals surface area contributed by atoms with Gasteiger partial charge in [-0.05, 0) is 70.2 Å². The van der Waals surface area contributed by atoms with Crippen molar-refractivity contribution in [3.05, 3.63) is 29.3 Å². The van der Waals surface area contributed by atoms with Crippen LogP contribution in [0.5, 0.6) is 5.75 Å². The molecule has 1 aromatic rings. The summed E-state index contributed by atoms with van der Waals surface area (Å²) in [7, 11) is 3.91. The number of hydrogen-bond acceptors (Lipinski definition) is 5. The predicted molar refractivity (Wildman–Crippen MR) is 113 cm³/mol. The van der Waals surface area contributed by atoms with E-state index in [1.54, 1.807) is 0 Å². The molecule has 162 valence electrons. The average molecular weight is 405 g/mol. The molecule has 1 aliphatic carbocycles. The van der Waals surface area contributed by atoms with Crippen LogP contribution in [-0.2, 0) is 6.42 Å². The number of fused-ring (bicyclic) bond motifs is 1. The van der Waals surface area contributed by atoms with Gasteiger partial charge in [-0.25, -0.2) is 0 Å². The summed E-state index contributed by atoms with van der Waals surface area (Å²) in [4.78, 5) is 17.2. The van der Waals surface area contributed by atoms with E-state index in [-0.39, 0.29) is 12.5 Å². The molecule has 2 atom stereocenters. The van der Waals surface area contributed by atoms with Gasteiger partial charge < -0.3 is 24.7 Å². The van der Waals surface area contributed by atoms with Crippen LogP contribution in [0.25, 0.3) is 0 Å². The smallest absolute Gasteiger partial charge is 0.257 e. The lowest BCUT2D eigenvalue weighted by molar-refractivity contribution is -0.0152. The topological polar surface area (TPSA) is 73.2 Å². The maximum absolute atomic E-state index is 13.1. The molecule has 0 saturated heterocycles. The normalized spacial score (nSPS) is 25.2. The SMILES string of the molecule is CN1CCCCCc2cccc(C(=O)N(C)C3CCC3)c2OC[C@@H](O)[C@@H](O)CC1. The number of para-hydroxylation sites is 1. The first-order chi connectivity index (χ1) is 14.0. The van der Waals surface area contributed by atoms with Crippen LogP contribution in [0.1, 0.15) is 60.9 Å². The summed E-state index contributed by atoms with van der Waals surface area (Å²) in [6, 6.07) is 6.06. The van der Waals surface area contributed by atoms with Gasteiger partial charge in [0.1, 0.15) is 18.5 Å². The van der Waals surface area contributed by atoms with Gasteiger partial charge in [0, 0.05) is 19.6 Å². The standard InChI is InChI=1S/C23H36N2O4/c1-24-14-5-3-4-8-17-9-6-12-19(23(28)25(2)18-10-7-11-18)22(17)29-16-21(27)20(26)13-15-24/h6,9,12,18,20-21,26-27H,3-5,7-8,10-11,13-16H2,1-2H3/t20-,21+/m0/s1. The summed E-state index contributed by atoms with van der Waals surface area (Å²) in [5, 5.41) is 20.7. The molecule has 29 heavy (non-hydrogen) atoms. The lowest BCUT2D eigenvalue weighted by Gasteiger charge is -2.35. The van der Waals surface area contributed by atoms with E-state index in [4.69, 9.17) is 4.74 Å². The van der Waals surface area contributed by atoms with Crippen molar-refractivity contribution in [2.24, 2.45) is 0 Å². The van der Waals surface area contributed by atoms with Crippen LogP contribution < -0.4 is 4.74 Å². The molecule has 2 aliphatic rings. The third kappa shape index (κ3) is 5.71. The Morgan fingerprint density at radius 3 is 2.59 bits per heavy atom. The number of aliphatic hydroxyl groups excluding tert-OH is 2. The molecule has 0 unspecified atom stereocenters. The largest absolute Gasteiger partial charge is 0.490 e. The van der Waals surface area contributed by atoms with Crippen LogP contribution in [0.3, 0.4) is 0 Å². The van der Waals surface area contributed by atoms with Gasteiger partial charge in [0.2, 0.25) is 0 Å². The summed E-state index contributed by atoms with van der Waals surface area (Å²) < 4.78 is 6.00. The van der Waals surface area contributed by atoms with Crippen LogP contribution in [0.4, 0.5) is 0 Å². The summed E-state index contributed by atoms with van der Waals surface area (Å²) in [6.45, 7) is 1.71. The van der Waals surface area contributed by atoms with Crippen molar-refractivity contribution in [2.45, 2.75) is 69.6 Å². The summed E-state index contributed by atoms with van der Waals surface area (Å²) >= 11 is 0. The highest BCUT2D eigenvalue weighted by Gasteiger charge is 2.29. The minimum atomic E-state index is -0.980. The Balaban J connectivity index is 1.81. The van der Waals surface area contributed by atoms with Gasteiger partial charge in [-0.2, -0.15) is 0 Å². The highest BCUT2D eigenvalue weighted by atomic mass is 16.5. The Labute approximate surface area is 174 Å². The number of benzene rings is 1. The Kier molecular flexibility index (Phi) is 7.92. The first-order valence-electron chi connectivity index (χ1n) is 11.0. The lowest BCUT2D eigenvalue weighted by Crippen LogP contribution is -2.41. The maximum atomic E-state index is 13.1. The Hall–Kier alpha value is -1.63. The molecule has 1 aromatic carbocycles. The molecule has 0 aromatic heterocycles. The number of aryl methyl sites for hydroxylation is 1. The summed E-state index contributed by atoms with van der Waals surface area (Å²) in [5.41, 5.74) is 1.57. The fourth-order valence-corrected chi connectivity index (χ4v) is 4.06. The number of carbonyl (C=O) groups excluding carboxylic acids is 1. The molecular formula is C23H36N2O4. The van der Waals surface area contributed by atoms with E-state index in [1.807, 2.05) is 37.2 Å². The van der Waals surface area contributed by atoms with Gasteiger partial charge in [-0.15, -0.1) is 0 Å². The van der Waals surface area contributed by atoms with Crippen molar-refractivity contribution in [1.29, 1.82) is 0 Å². The van der Waals surface area contributed by atoms with Crippen molar-refractivity contribution >= 4 is 5.91 Å². The number of hydrogen-bond donors (Lipinski definition) is 2. The van der Waals surface area contributed by atoms with Gasteiger partial charge in [-0.1, -0.05) is 18.6 Å². The molecule has 2 N–H and O–H groups in total. The van der Waals surface area contributed by atoms with E-state index in [0.717, 1.165) is 57.2 Å². The second kappa shape index (κ2) is 10.4. The van der Waals surface area contributed by atoms with Gasteiger partial charge >= 0.3 is 0 Å². The first kappa shape index (κ1) is 22.1. The van der Waals surface area contributed by atoms with Crippen molar-refractivity contribution in [3.63, 3.8) is 0 Å². The molecule has 0 bridgehead atoms. The number of rotatable bonds is 2. The molecule has 1 saturated carbocycles.